The number of piperidine rings is 1. The first-order valence-corrected chi connectivity index (χ1v) is 8.66. The number of phenols is 1. The number of alkyl halides is 3. The lowest BCUT2D eigenvalue weighted by molar-refractivity contribution is -0.137. The molecule has 0 saturated carbocycles. The summed E-state index contributed by atoms with van der Waals surface area (Å²) >= 11 is 0. The summed E-state index contributed by atoms with van der Waals surface area (Å²) < 4.78 is 38.2. The Hall–Kier alpha value is -2.15. The van der Waals surface area contributed by atoms with Crippen molar-refractivity contribution in [3.63, 3.8) is 0 Å². The van der Waals surface area contributed by atoms with Crippen molar-refractivity contribution in [3.05, 3.63) is 41.1 Å². The number of benzene rings is 1. The van der Waals surface area contributed by atoms with Crippen LogP contribution in [0.4, 0.5) is 13.2 Å². The fraction of sp³-hybridized carbons (Fsp3) is 0.474. The molecule has 0 spiro atoms. The highest BCUT2D eigenvalue weighted by molar-refractivity contribution is 5.69. The maximum atomic E-state index is 12.7. The van der Waals surface area contributed by atoms with E-state index < -0.39 is 17.5 Å². The molecule has 2 aromatic rings. The second kappa shape index (κ2) is 7.23. The second-order valence-corrected chi connectivity index (χ2v) is 7.07. The van der Waals surface area contributed by atoms with Crippen LogP contribution in [0.5, 0.6) is 5.75 Å². The number of aromatic nitrogens is 2. The zero-order valence-electron chi connectivity index (χ0n) is 14.8. The number of aromatic hydroxyl groups is 1. The van der Waals surface area contributed by atoms with Crippen LogP contribution < -0.4 is 0 Å². The first kappa shape index (κ1) is 18.6. The van der Waals surface area contributed by atoms with Gasteiger partial charge in [0.25, 0.3) is 0 Å². The van der Waals surface area contributed by atoms with Crippen molar-refractivity contribution >= 4 is 0 Å². The largest absolute Gasteiger partial charge is 0.507 e. The van der Waals surface area contributed by atoms with E-state index in [1.807, 2.05) is 13.0 Å². The van der Waals surface area contributed by atoms with Crippen molar-refractivity contribution in [1.29, 1.82) is 0 Å². The first-order chi connectivity index (χ1) is 12.2. The third kappa shape index (κ3) is 4.15. The Morgan fingerprint density at radius 3 is 2.62 bits per heavy atom. The summed E-state index contributed by atoms with van der Waals surface area (Å²) in [5.74, 6) is 0.0895. The summed E-state index contributed by atoms with van der Waals surface area (Å²) in [4.78, 5) is 2.31. The minimum atomic E-state index is -4.49. The molecule has 1 aromatic carbocycles. The Balaban J connectivity index is 1.81. The van der Waals surface area contributed by atoms with Crippen LogP contribution >= 0.6 is 0 Å². The molecule has 0 aliphatic carbocycles. The Labute approximate surface area is 150 Å². The third-order valence-electron chi connectivity index (χ3n) is 4.84. The molecular formula is C19H22F3N3O. The van der Waals surface area contributed by atoms with Crippen LogP contribution in [0.2, 0.25) is 0 Å². The van der Waals surface area contributed by atoms with E-state index >= 15 is 0 Å². The van der Waals surface area contributed by atoms with Crippen molar-refractivity contribution in [3.8, 4) is 17.0 Å². The van der Waals surface area contributed by atoms with E-state index in [2.05, 4.69) is 22.1 Å². The van der Waals surface area contributed by atoms with E-state index in [1.165, 1.54) is 12.5 Å². The number of phenolic OH excluding ortho intramolecular Hbond substituents is 1. The van der Waals surface area contributed by atoms with E-state index in [0.717, 1.165) is 49.3 Å². The Morgan fingerprint density at radius 2 is 2.00 bits per heavy atom. The van der Waals surface area contributed by atoms with E-state index in [9.17, 15) is 18.3 Å². The van der Waals surface area contributed by atoms with Gasteiger partial charge in [0.2, 0.25) is 0 Å². The maximum Gasteiger partial charge on any atom is 0.416 e. The fourth-order valence-corrected chi connectivity index (χ4v) is 3.55. The highest BCUT2D eigenvalue weighted by Gasteiger charge is 2.31. The predicted molar refractivity (Wildman–Crippen MR) is 92.8 cm³/mol. The number of hydrogen-bond donors (Lipinski definition) is 1. The summed E-state index contributed by atoms with van der Waals surface area (Å²) in [6.45, 7) is 3.98. The monoisotopic (exact) mass is 365 g/mol. The molecule has 7 heteroatoms. The lowest BCUT2D eigenvalue weighted by Gasteiger charge is -2.29. The van der Waals surface area contributed by atoms with Gasteiger partial charge in [0, 0.05) is 12.1 Å². The summed E-state index contributed by atoms with van der Waals surface area (Å²) in [5.41, 5.74) is 1.43. The van der Waals surface area contributed by atoms with Crippen LogP contribution in [0.1, 0.15) is 29.7 Å². The first-order valence-electron chi connectivity index (χ1n) is 8.66. The average molecular weight is 365 g/mol. The molecule has 1 aliphatic heterocycles. The van der Waals surface area contributed by atoms with Gasteiger partial charge < -0.3 is 10.0 Å². The molecule has 3 rings (SSSR count). The van der Waals surface area contributed by atoms with Gasteiger partial charge >= 0.3 is 6.18 Å². The number of aryl methyl sites for hydroxylation is 1. The van der Waals surface area contributed by atoms with Gasteiger partial charge in [-0.1, -0.05) is 0 Å². The summed E-state index contributed by atoms with van der Waals surface area (Å²) in [5, 5.41) is 18.4. The molecule has 26 heavy (non-hydrogen) atoms. The molecule has 0 amide bonds. The van der Waals surface area contributed by atoms with Crippen molar-refractivity contribution in [2.24, 2.45) is 5.92 Å². The summed E-state index contributed by atoms with van der Waals surface area (Å²) in [6.07, 6.45) is -1.33. The number of rotatable bonds is 3. The van der Waals surface area contributed by atoms with Crippen molar-refractivity contribution in [2.75, 3.05) is 20.1 Å². The van der Waals surface area contributed by atoms with Crippen LogP contribution in [0.25, 0.3) is 11.3 Å². The predicted octanol–water partition coefficient (Wildman–Crippen LogP) is 4.06. The quantitative estimate of drug-likeness (QED) is 0.891. The molecule has 0 unspecified atom stereocenters. The van der Waals surface area contributed by atoms with Gasteiger partial charge in [-0.2, -0.15) is 18.3 Å². The fourth-order valence-electron chi connectivity index (χ4n) is 3.55. The number of halogens is 3. The molecule has 4 nitrogen and oxygen atoms in total. The van der Waals surface area contributed by atoms with Gasteiger partial charge in [0.15, 0.2) is 0 Å². The van der Waals surface area contributed by atoms with Crippen LogP contribution in [0.15, 0.2) is 24.3 Å². The van der Waals surface area contributed by atoms with Crippen molar-refractivity contribution < 1.29 is 18.3 Å². The van der Waals surface area contributed by atoms with E-state index in [4.69, 9.17) is 0 Å². The Kier molecular flexibility index (Phi) is 5.18. The lowest BCUT2D eigenvalue weighted by Crippen LogP contribution is -2.33. The van der Waals surface area contributed by atoms with Crippen LogP contribution in [-0.2, 0) is 12.6 Å². The molecule has 1 aromatic heterocycles. The third-order valence-corrected chi connectivity index (χ3v) is 4.84. The van der Waals surface area contributed by atoms with Crippen molar-refractivity contribution in [2.45, 2.75) is 32.4 Å². The lowest BCUT2D eigenvalue weighted by atomic mass is 9.93. The molecule has 1 aliphatic rings. The van der Waals surface area contributed by atoms with Gasteiger partial charge in [-0.05, 0) is 75.5 Å². The van der Waals surface area contributed by atoms with Gasteiger partial charge in [0.1, 0.15) is 5.75 Å². The minimum Gasteiger partial charge on any atom is -0.507 e. The highest BCUT2D eigenvalue weighted by atomic mass is 19.4. The number of hydrogen-bond acceptors (Lipinski definition) is 4. The molecule has 0 radical (unpaired) electrons. The molecule has 0 bridgehead atoms. The Bertz CT molecular complexity index is 792. The van der Waals surface area contributed by atoms with Gasteiger partial charge in [0.05, 0.1) is 17.0 Å². The van der Waals surface area contributed by atoms with E-state index in [1.54, 1.807) is 0 Å². The maximum absolute atomic E-state index is 12.7. The number of likely N-dealkylation sites (tertiary alicyclic amines) is 1. The topological polar surface area (TPSA) is 49.2 Å². The summed E-state index contributed by atoms with van der Waals surface area (Å²) in [6, 6.07) is 4.82. The smallest absolute Gasteiger partial charge is 0.416 e. The van der Waals surface area contributed by atoms with Crippen LogP contribution in [0.3, 0.4) is 0 Å². The van der Waals surface area contributed by atoms with Gasteiger partial charge in [-0.3, -0.25) is 0 Å². The average Bonchev–Trinajstić information content (AvgIpc) is 2.55. The van der Waals surface area contributed by atoms with Crippen LogP contribution in [-0.4, -0.2) is 40.3 Å². The summed E-state index contributed by atoms with van der Waals surface area (Å²) in [7, 11) is 2.11. The van der Waals surface area contributed by atoms with Gasteiger partial charge in [-0.15, -0.1) is 5.10 Å². The zero-order valence-corrected chi connectivity index (χ0v) is 14.8. The van der Waals surface area contributed by atoms with E-state index in [-0.39, 0.29) is 5.56 Å². The normalized spacial score (nSPS) is 18.9. The Morgan fingerprint density at radius 1 is 1.23 bits per heavy atom. The molecule has 1 N–H and O–H groups in total. The zero-order chi connectivity index (χ0) is 18.9. The van der Waals surface area contributed by atoms with Crippen molar-refractivity contribution in [1.82, 2.24) is 15.1 Å². The highest BCUT2D eigenvalue weighted by Crippen LogP contribution is 2.36. The van der Waals surface area contributed by atoms with E-state index in [0.29, 0.717) is 11.6 Å². The minimum absolute atomic E-state index is 0.256. The molecule has 1 atom stereocenters. The molecule has 140 valence electrons. The number of nitrogens with zero attached hydrogens (tertiary/aromatic N) is 3. The molecular weight excluding hydrogens is 343 g/mol. The van der Waals surface area contributed by atoms with Crippen LogP contribution in [0, 0.1) is 12.8 Å². The SMILES string of the molecule is Cc1cc(C[C@H]2CCCN(C)C2)nnc1-c1ccc(C(F)(F)F)cc1O. The second-order valence-electron chi connectivity index (χ2n) is 7.07. The molecule has 1 saturated heterocycles. The molecule has 1 fully saturated rings. The standard InChI is InChI=1S/C19H22F3N3O/c1-12-8-15(9-13-4-3-7-25(2)11-13)23-24-18(12)16-6-5-14(10-17(16)26)19(20,21)22/h5-6,8,10,13,26H,3-4,7,9,11H2,1-2H3/t13-/m1/s1. The van der Waals surface area contributed by atoms with Gasteiger partial charge in [-0.25, -0.2) is 0 Å². The molecule has 2 heterocycles.